The monoisotopic (exact) mass is 358 g/mol. The van der Waals surface area contributed by atoms with Gasteiger partial charge in [-0.15, -0.1) is 0 Å². The number of nitriles is 1. The molecule has 1 aliphatic heterocycles. The van der Waals surface area contributed by atoms with Gasteiger partial charge >= 0.3 is 0 Å². The van der Waals surface area contributed by atoms with Crippen molar-refractivity contribution in [2.45, 2.75) is 18.9 Å². The predicted octanol–water partition coefficient (Wildman–Crippen LogP) is 2.08. The summed E-state index contributed by atoms with van der Waals surface area (Å²) in [4.78, 5) is 16.6. The van der Waals surface area contributed by atoms with Crippen molar-refractivity contribution >= 4 is 11.6 Å². The number of likely N-dealkylation sites (N-methyl/N-ethyl adjacent to an activating group) is 1. The molecule has 7 nitrogen and oxygen atoms in total. The maximum absolute atomic E-state index is 12.7. The molecular weight excluding hydrogens is 332 g/mol. The first-order chi connectivity index (χ1) is 12.5. The molecule has 0 atom stereocenters. The number of nitrogens with zero attached hydrogens (tertiary/aromatic N) is 3. The lowest BCUT2D eigenvalue weighted by molar-refractivity contribution is -0.128. The van der Waals surface area contributed by atoms with Gasteiger partial charge in [-0.2, -0.15) is 5.26 Å². The summed E-state index contributed by atoms with van der Waals surface area (Å²) in [6.07, 6.45) is 3.24. The van der Waals surface area contributed by atoms with Crippen molar-refractivity contribution in [1.29, 1.82) is 5.26 Å². The first kappa shape index (κ1) is 19.6. The molecule has 1 amide bonds. The van der Waals surface area contributed by atoms with Gasteiger partial charge in [0, 0.05) is 25.4 Å². The molecule has 0 unspecified atom stereocenters. The molecule has 1 heterocycles. The number of anilines is 1. The van der Waals surface area contributed by atoms with Gasteiger partial charge in [-0.3, -0.25) is 4.79 Å². The Balaban J connectivity index is 2.12. The number of nitrogens with one attached hydrogen (secondary N) is 1. The Bertz CT molecular complexity index is 703. The Kier molecular flexibility index (Phi) is 6.87. The number of piperidine rings is 1. The van der Waals surface area contributed by atoms with Crippen molar-refractivity contribution in [3.8, 4) is 17.6 Å². The smallest absolute Gasteiger partial charge is 0.266 e. The Hall–Kier alpha value is -2.72. The van der Waals surface area contributed by atoms with Gasteiger partial charge in [-0.05, 0) is 45.1 Å². The molecule has 0 saturated carbocycles. The van der Waals surface area contributed by atoms with Crippen LogP contribution in [0.4, 0.5) is 5.69 Å². The summed E-state index contributed by atoms with van der Waals surface area (Å²) >= 11 is 0. The van der Waals surface area contributed by atoms with Crippen LogP contribution in [-0.4, -0.2) is 63.2 Å². The van der Waals surface area contributed by atoms with E-state index in [1.165, 1.54) is 6.20 Å². The molecule has 1 saturated heterocycles. The molecule has 26 heavy (non-hydrogen) atoms. The molecule has 0 aliphatic carbocycles. The van der Waals surface area contributed by atoms with Crippen molar-refractivity contribution in [3.63, 3.8) is 0 Å². The molecular formula is C19H26N4O3. The standard InChI is InChI=1S/C19H26N4O3/c1-22-9-7-15(8-10-22)23(2)19(24)14(12-20)13-21-17-11-16(25-3)5-6-18(17)26-4/h5-6,11,13,15,21H,7-10H2,1-4H3/b14-13-. The van der Waals surface area contributed by atoms with E-state index >= 15 is 0 Å². The number of hydrogen-bond donors (Lipinski definition) is 1. The first-order valence-corrected chi connectivity index (χ1v) is 8.54. The summed E-state index contributed by atoms with van der Waals surface area (Å²) < 4.78 is 10.5. The SMILES string of the molecule is COc1ccc(OC)c(N/C=C(/C#N)C(=O)N(C)C2CCN(C)CC2)c1. The van der Waals surface area contributed by atoms with Crippen molar-refractivity contribution in [2.24, 2.45) is 0 Å². The van der Waals surface area contributed by atoms with Gasteiger partial charge < -0.3 is 24.6 Å². The van der Waals surface area contributed by atoms with E-state index < -0.39 is 0 Å². The lowest BCUT2D eigenvalue weighted by Gasteiger charge is -2.35. The normalized spacial score (nSPS) is 15.9. The summed E-state index contributed by atoms with van der Waals surface area (Å²) in [5.74, 6) is 0.960. The van der Waals surface area contributed by atoms with Crippen molar-refractivity contribution in [1.82, 2.24) is 9.80 Å². The van der Waals surface area contributed by atoms with Crippen LogP contribution < -0.4 is 14.8 Å². The fraction of sp³-hybridized carbons (Fsp3) is 0.474. The van der Waals surface area contributed by atoms with Gasteiger partial charge in [-0.25, -0.2) is 0 Å². The highest BCUT2D eigenvalue weighted by atomic mass is 16.5. The van der Waals surface area contributed by atoms with Crippen LogP contribution in [0.5, 0.6) is 11.5 Å². The second-order valence-corrected chi connectivity index (χ2v) is 6.33. The zero-order valence-electron chi connectivity index (χ0n) is 15.8. The summed E-state index contributed by atoms with van der Waals surface area (Å²) in [6, 6.07) is 7.43. The summed E-state index contributed by atoms with van der Waals surface area (Å²) in [5, 5.41) is 12.4. The zero-order chi connectivity index (χ0) is 19.1. The number of benzene rings is 1. The highest BCUT2D eigenvalue weighted by molar-refractivity contribution is 5.97. The maximum Gasteiger partial charge on any atom is 0.266 e. The number of likely N-dealkylation sites (tertiary alicyclic amines) is 1. The van der Waals surface area contributed by atoms with Crippen LogP contribution in [0.25, 0.3) is 0 Å². The molecule has 7 heteroatoms. The van der Waals surface area contributed by atoms with Crippen LogP contribution in [-0.2, 0) is 4.79 Å². The Labute approximate surface area is 154 Å². The van der Waals surface area contributed by atoms with Crippen LogP contribution in [0.1, 0.15) is 12.8 Å². The second kappa shape index (κ2) is 9.11. The molecule has 140 valence electrons. The van der Waals surface area contributed by atoms with Crippen molar-refractivity contribution < 1.29 is 14.3 Å². The Morgan fingerprint density at radius 1 is 1.35 bits per heavy atom. The van der Waals surface area contributed by atoms with E-state index in [2.05, 4.69) is 17.3 Å². The van der Waals surface area contributed by atoms with E-state index in [0.717, 1.165) is 25.9 Å². The minimum absolute atomic E-state index is 0.0521. The summed E-state index contributed by atoms with van der Waals surface area (Å²) in [5.41, 5.74) is 0.672. The third-order valence-corrected chi connectivity index (χ3v) is 4.69. The minimum Gasteiger partial charge on any atom is -0.497 e. The summed E-state index contributed by atoms with van der Waals surface area (Å²) in [7, 11) is 6.96. The summed E-state index contributed by atoms with van der Waals surface area (Å²) in [6.45, 7) is 1.90. The highest BCUT2D eigenvalue weighted by Gasteiger charge is 2.26. The second-order valence-electron chi connectivity index (χ2n) is 6.33. The minimum atomic E-state index is -0.281. The van der Waals surface area contributed by atoms with Gasteiger partial charge in [0.05, 0.1) is 19.9 Å². The van der Waals surface area contributed by atoms with E-state index in [0.29, 0.717) is 17.2 Å². The number of carbonyl (C=O) groups is 1. The molecule has 0 radical (unpaired) electrons. The van der Waals surface area contributed by atoms with Crippen LogP contribution in [0.2, 0.25) is 0 Å². The number of methoxy groups -OCH3 is 2. The Morgan fingerprint density at radius 2 is 2.04 bits per heavy atom. The Morgan fingerprint density at radius 3 is 2.62 bits per heavy atom. The van der Waals surface area contributed by atoms with E-state index in [-0.39, 0.29) is 17.5 Å². The van der Waals surface area contributed by atoms with E-state index in [4.69, 9.17) is 9.47 Å². The van der Waals surface area contributed by atoms with E-state index in [1.54, 1.807) is 44.4 Å². The maximum atomic E-state index is 12.7. The van der Waals surface area contributed by atoms with Gasteiger partial charge in [0.15, 0.2) is 0 Å². The number of amides is 1. The molecule has 1 aliphatic rings. The van der Waals surface area contributed by atoms with Crippen molar-refractivity contribution in [3.05, 3.63) is 30.0 Å². The lowest BCUT2D eigenvalue weighted by Crippen LogP contribution is -2.44. The third-order valence-electron chi connectivity index (χ3n) is 4.69. The molecule has 1 N–H and O–H groups in total. The van der Waals surface area contributed by atoms with Crippen LogP contribution in [0.15, 0.2) is 30.0 Å². The lowest BCUT2D eigenvalue weighted by atomic mass is 10.0. The van der Waals surface area contributed by atoms with Crippen LogP contribution >= 0.6 is 0 Å². The van der Waals surface area contributed by atoms with Gasteiger partial charge in [-0.1, -0.05) is 0 Å². The van der Waals surface area contributed by atoms with E-state index in [9.17, 15) is 10.1 Å². The van der Waals surface area contributed by atoms with E-state index in [1.807, 2.05) is 6.07 Å². The topological polar surface area (TPSA) is 77.8 Å². The molecule has 2 rings (SSSR count). The number of ether oxygens (including phenoxy) is 2. The fourth-order valence-electron chi connectivity index (χ4n) is 2.96. The van der Waals surface area contributed by atoms with Crippen LogP contribution in [0.3, 0.4) is 0 Å². The quantitative estimate of drug-likeness (QED) is 0.620. The largest absolute Gasteiger partial charge is 0.497 e. The molecule has 1 aromatic rings. The molecule has 1 fully saturated rings. The molecule has 0 spiro atoms. The average molecular weight is 358 g/mol. The van der Waals surface area contributed by atoms with Gasteiger partial charge in [0.1, 0.15) is 23.1 Å². The first-order valence-electron chi connectivity index (χ1n) is 8.54. The van der Waals surface area contributed by atoms with Crippen LogP contribution in [0, 0.1) is 11.3 Å². The third kappa shape index (κ3) is 4.67. The zero-order valence-corrected chi connectivity index (χ0v) is 15.8. The van der Waals surface area contributed by atoms with Crippen molar-refractivity contribution in [2.75, 3.05) is 46.7 Å². The highest BCUT2D eigenvalue weighted by Crippen LogP contribution is 2.29. The number of rotatable bonds is 6. The average Bonchev–Trinajstić information content (AvgIpc) is 2.68. The molecule has 1 aromatic carbocycles. The molecule has 0 bridgehead atoms. The number of hydrogen-bond acceptors (Lipinski definition) is 6. The van der Waals surface area contributed by atoms with Gasteiger partial charge in [0.25, 0.3) is 5.91 Å². The molecule has 0 aromatic heterocycles. The van der Waals surface area contributed by atoms with Gasteiger partial charge in [0.2, 0.25) is 0 Å². The fourth-order valence-corrected chi connectivity index (χ4v) is 2.96. The number of carbonyl (C=O) groups excluding carboxylic acids is 1. The predicted molar refractivity (Wildman–Crippen MR) is 100 cm³/mol.